The molecule has 0 atom stereocenters. The second-order valence-electron chi connectivity index (χ2n) is 7.22. The molecule has 10 heteroatoms. The van der Waals surface area contributed by atoms with Gasteiger partial charge in [0.2, 0.25) is 5.01 Å². The van der Waals surface area contributed by atoms with Gasteiger partial charge in [-0.15, -0.1) is 10.2 Å². The number of halogens is 2. The summed E-state index contributed by atoms with van der Waals surface area (Å²) in [5, 5.41) is 13.6. The van der Waals surface area contributed by atoms with E-state index in [1.807, 2.05) is 31.2 Å². The van der Waals surface area contributed by atoms with Crippen LogP contribution in [-0.4, -0.2) is 22.0 Å². The van der Waals surface area contributed by atoms with Crippen LogP contribution >= 0.6 is 11.3 Å². The van der Waals surface area contributed by atoms with Crippen molar-refractivity contribution in [1.29, 1.82) is 0 Å². The molecule has 0 bridgehead atoms. The third-order valence-corrected chi connectivity index (χ3v) is 5.50. The molecule has 0 aliphatic carbocycles. The normalized spacial score (nSPS) is 10.6. The first-order valence-electron chi connectivity index (χ1n) is 10.1. The highest BCUT2D eigenvalue weighted by atomic mass is 32.1. The number of amides is 2. The Morgan fingerprint density at radius 1 is 0.941 bits per heavy atom. The van der Waals surface area contributed by atoms with E-state index in [9.17, 15) is 18.4 Å². The van der Waals surface area contributed by atoms with Crippen LogP contribution in [0.25, 0.3) is 0 Å². The molecule has 34 heavy (non-hydrogen) atoms. The first-order valence-corrected chi connectivity index (χ1v) is 10.9. The highest BCUT2D eigenvalue weighted by molar-refractivity contribution is 7.13. The molecule has 3 aromatic carbocycles. The molecule has 172 valence electrons. The number of aromatic nitrogens is 2. The van der Waals surface area contributed by atoms with Crippen LogP contribution in [0.1, 0.15) is 30.7 Å². The second kappa shape index (κ2) is 10.2. The van der Waals surface area contributed by atoms with Crippen LogP contribution in [0.4, 0.5) is 20.2 Å². The molecule has 1 aromatic heterocycles. The van der Waals surface area contributed by atoms with Gasteiger partial charge in [0.05, 0.1) is 5.69 Å². The lowest BCUT2D eigenvalue weighted by Gasteiger charge is -2.08. The van der Waals surface area contributed by atoms with Crippen LogP contribution in [0.5, 0.6) is 5.75 Å². The smallest absolute Gasteiger partial charge is 0.286 e. The molecule has 7 nitrogen and oxygen atoms in total. The van der Waals surface area contributed by atoms with Crippen molar-refractivity contribution in [3.05, 3.63) is 99.5 Å². The van der Waals surface area contributed by atoms with Gasteiger partial charge in [0, 0.05) is 17.3 Å². The lowest BCUT2D eigenvalue weighted by molar-refractivity contribution is 0.101. The van der Waals surface area contributed by atoms with Gasteiger partial charge in [0.15, 0.2) is 5.01 Å². The van der Waals surface area contributed by atoms with Crippen molar-refractivity contribution in [3.63, 3.8) is 0 Å². The minimum atomic E-state index is -0.892. The summed E-state index contributed by atoms with van der Waals surface area (Å²) in [4.78, 5) is 25.0. The SMILES string of the molecule is Cc1ccc(OCc2nnc(C(=O)Nc3cccc(C(=O)Nc4ccc(F)cc4F)c3)s2)cc1. The maximum atomic E-state index is 13.8. The number of carbonyl (C=O) groups excluding carboxylic acids is 2. The fraction of sp³-hybridized carbons (Fsp3) is 0.0833. The van der Waals surface area contributed by atoms with E-state index in [0.717, 1.165) is 29.0 Å². The van der Waals surface area contributed by atoms with Gasteiger partial charge in [-0.05, 0) is 49.4 Å². The molecule has 0 radical (unpaired) electrons. The largest absolute Gasteiger partial charge is 0.486 e. The molecule has 0 unspecified atom stereocenters. The van der Waals surface area contributed by atoms with E-state index in [-0.39, 0.29) is 22.9 Å². The first kappa shape index (κ1) is 23.0. The van der Waals surface area contributed by atoms with E-state index in [4.69, 9.17) is 4.74 Å². The van der Waals surface area contributed by atoms with Gasteiger partial charge in [0.1, 0.15) is 24.0 Å². The number of anilines is 2. The van der Waals surface area contributed by atoms with Gasteiger partial charge in [0.25, 0.3) is 11.8 Å². The molecule has 1 heterocycles. The van der Waals surface area contributed by atoms with Gasteiger partial charge in [-0.25, -0.2) is 8.78 Å². The van der Waals surface area contributed by atoms with Crippen LogP contribution in [0.3, 0.4) is 0 Å². The lowest BCUT2D eigenvalue weighted by atomic mass is 10.1. The molecule has 2 amide bonds. The highest BCUT2D eigenvalue weighted by Crippen LogP contribution is 2.20. The van der Waals surface area contributed by atoms with Gasteiger partial charge >= 0.3 is 0 Å². The van der Waals surface area contributed by atoms with E-state index in [2.05, 4.69) is 20.8 Å². The number of nitrogens with one attached hydrogen (secondary N) is 2. The molecule has 0 aliphatic rings. The maximum absolute atomic E-state index is 13.8. The van der Waals surface area contributed by atoms with Crippen LogP contribution in [0, 0.1) is 18.6 Å². The maximum Gasteiger partial charge on any atom is 0.286 e. The van der Waals surface area contributed by atoms with Gasteiger partial charge in [-0.1, -0.05) is 35.1 Å². The lowest BCUT2D eigenvalue weighted by Crippen LogP contribution is -2.15. The third-order valence-electron chi connectivity index (χ3n) is 4.61. The van der Waals surface area contributed by atoms with E-state index >= 15 is 0 Å². The Hall–Kier alpha value is -4.18. The molecule has 4 aromatic rings. The molecule has 0 aliphatic heterocycles. The summed E-state index contributed by atoms with van der Waals surface area (Å²) in [6, 6.07) is 16.5. The number of nitrogens with zero attached hydrogens (tertiary/aromatic N) is 2. The van der Waals surface area contributed by atoms with Crippen molar-refractivity contribution < 1.29 is 23.1 Å². The molecular weight excluding hydrogens is 462 g/mol. The summed E-state index contributed by atoms with van der Waals surface area (Å²) in [5.41, 5.74) is 1.47. The Labute approximate surface area is 197 Å². The van der Waals surface area contributed by atoms with Crippen LogP contribution < -0.4 is 15.4 Å². The van der Waals surface area contributed by atoms with Gasteiger partial charge in [-0.2, -0.15) is 0 Å². The van der Waals surface area contributed by atoms with Crippen molar-refractivity contribution in [2.24, 2.45) is 0 Å². The Morgan fingerprint density at radius 2 is 1.74 bits per heavy atom. The van der Waals surface area contributed by atoms with Crippen molar-refractivity contribution in [2.75, 3.05) is 10.6 Å². The molecule has 0 fully saturated rings. The standard InChI is InChI=1S/C24H18F2N4O3S/c1-14-5-8-18(9-6-14)33-13-21-29-30-24(34-21)23(32)27-17-4-2-3-15(11-17)22(31)28-20-10-7-16(25)12-19(20)26/h2-12H,13H2,1H3,(H,27,32)(H,28,31). The Morgan fingerprint density at radius 3 is 2.50 bits per heavy atom. The number of aryl methyl sites for hydroxylation is 1. The number of benzene rings is 3. The number of hydrogen-bond donors (Lipinski definition) is 2. The van der Waals surface area contributed by atoms with Gasteiger partial charge in [-0.3, -0.25) is 9.59 Å². The summed E-state index contributed by atoms with van der Waals surface area (Å²) < 4.78 is 32.5. The third kappa shape index (κ3) is 5.78. The average molecular weight is 480 g/mol. The van der Waals surface area contributed by atoms with Crippen molar-refractivity contribution in [1.82, 2.24) is 10.2 Å². The van der Waals surface area contributed by atoms with Crippen molar-refractivity contribution >= 4 is 34.5 Å². The monoisotopic (exact) mass is 480 g/mol. The van der Waals surface area contributed by atoms with Crippen LogP contribution in [0.15, 0.2) is 66.7 Å². The van der Waals surface area contributed by atoms with E-state index in [1.54, 1.807) is 12.1 Å². The van der Waals surface area contributed by atoms with Crippen molar-refractivity contribution in [3.8, 4) is 5.75 Å². The predicted molar refractivity (Wildman–Crippen MR) is 124 cm³/mol. The Kier molecular flexibility index (Phi) is 6.88. The molecule has 0 spiro atoms. The topological polar surface area (TPSA) is 93.2 Å². The summed E-state index contributed by atoms with van der Waals surface area (Å²) in [5.74, 6) is -2.07. The zero-order valence-corrected chi connectivity index (χ0v) is 18.7. The first-order chi connectivity index (χ1) is 16.4. The fourth-order valence-corrected chi connectivity index (χ4v) is 3.54. The predicted octanol–water partition coefficient (Wildman–Crippen LogP) is 5.21. The molecule has 4 rings (SSSR count). The van der Waals surface area contributed by atoms with E-state index < -0.39 is 23.4 Å². The molecule has 0 saturated carbocycles. The number of ether oxygens (including phenoxy) is 1. The zero-order chi connectivity index (χ0) is 24.1. The van der Waals surface area contributed by atoms with E-state index in [1.165, 1.54) is 12.1 Å². The fourth-order valence-electron chi connectivity index (χ4n) is 2.89. The zero-order valence-electron chi connectivity index (χ0n) is 17.8. The minimum Gasteiger partial charge on any atom is -0.486 e. The summed E-state index contributed by atoms with van der Waals surface area (Å²) in [6.07, 6.45) is 0. The average Bonchev–Trinajstić information content (AvgIpc) is 3.30. The summed E-state index contributed by atoms with van der Waals surface area (Å²) in [7, 11) is 0. The minimum absolute atomic E-state index is 0.130. The van der Waals surface area contributed by atoms with Crippen LogP contribution in [0.2, 0.25) is 0 Å². The molecular formula is C24H18F2N4O3S. The summed E-state index contributed by atoms with van der Waals surface area (Å²) >= 11 is 1.09. The summed E-state index contributed by atoms with van der Waals surface area (Å²) in [6.45, 7) is 2.15. The number of hydrogen-bond acceptors (Lipinski definition) is 6. The molecule has 2 N–H and O–H groups in total. The van der Waals surface area contributed by atoms with Crippen LogP contribution in [-0.2, 0) is 6.61 Å². The second-order valence-corrected chi connectivity index (χ2v) is 8.28. The highest BCUT2D eigenvalue weighted by Gasteiger charge is 2.15. The van der Waals surface area contributed by atoms with Gasteiger partial charge < -0.3 is 15.4 Å². The Balaban J connectivity index is 1.37. The number of rotatable bonds is 7. The molecule has 0 saturated heterocycles. The van der Waals surface area contributed by atoms with E-state index in [0.29, 0.717) is 22.5 Å². The number of carbonyl (C=O) groups is 2. The van der Waals surface area contributed by atoms with Crippen molar-refractivity contribution in [2.45, 2.75) is 13.5 Å². The quantitative estimate of drug-likeness (QED) is 0.379. The Bertz CT molecular complexity index is 1340.